The summed E-state index contributed by atoms with van der Waals surface area (Å²) in [6.45, 7) is 0. The van der Waals surface area contributed by atoms with Gasteiger partial charge in [-0.25, -0.2) is 4.39 Å². The first kappa shape index (κ1) is 22.3. The first-order chi connectivity index (χ1) is 11.4. The zero-order valence-corrected chi connectivity index (χ0v) is 14.0. The van der Waals surface area contributed by atoms with Crippen LogP contribution in [-0.4, -0.2) is 6.36 Å². The number of hydrogen-bond donors (Lipinski definition) is 1. The molecule has 0 radical (unpaired) electrons. The molecule has 0 heterocycles. The predicted octanol–water partition coefficient (Wildman–Crippen LogP) is 5.87. The van der Waals surface area contributed by atoms with Crippen molar-refractivity contribution in [3.05, 3.63) is 63.9 Å². The van der Waals surface area contributed by atoms with Crippen LogP contribution in [0.2, 0.25) is 5.02 Å². The molecule has 1 atom stereocenters. The summed E-state index contributed by atoms with van der Waals surface area (Å²) in [4.78, 5) is 0. The van der Waals surface area contributed by atoms with Crippen molar-refractivity contribution in [2.75, 3.05) is 0 Å². The molecule has 0 aliphatic carbocycles. The second-order valence-corrected chi connectivity index (χ2v) is 5.32. The van der Waals surface area contributed by atoms with Gasteiger partial charge in [0.2, 0.25) is 0 Å². The minimum absolute atomic E-state index is 0. The highest BCUT2D eigenvalue weighted by molar-refractivity contribution is 6.30. The van der Waals surface area contributed by atoms with E-state index in [4.69, 9.17) is 17.3 Å². The zero-order valence-electron chi connectivity index (χ0n) is 12.5. The molecule has 0 aliphatic rings. The molecule has 0 amide bonds. The maximum atomic E-state index is 14.1. The van der Waals surface area contributed by atoms with E-state index in [2.05, 4.69) is 4.74 Å². The van der Waals surface area contributed by atoms with Gasteiger partial charge < -0.3 is 10.5 Å². The SMILES string of the molecule is Cl.N[C@@H](c1ccc(OC(F)(F)F)cc1)c1c(C(F)(F)F)ccc(Cl)c1F. The Balaban J connectivity index is 0.00000338. The molecule has 0 saturated heterocycles. The van der Waals surface area contributed by atoms with E-state index >= 15 is 0 Å². The summed E-state index contributed by atoms with van der Waals surface area (Å²) < 4.78 is 93.4. The van der Waals surface area contributed by atoms with E-state index in [1.165, 1.54) is 0 Å². The topological polar surface area (TPSA) is 35.2 Å². The normalized spacial score (nSPS) is 13.1. The lowest BCUT2D eigenvalue weighted by molar-refractivity contribution is -0.274. The highest BCUT2D eigenvalue weighted by Gasteiger charge is 2.37. The van der Waals surface area contributed by atoms with Gasteiger partial charge in [-0.3, -0.25) is 0 Å². The Bertz CT molecular complexity index is 760. The van der Waals surface area contributed by atoms with Crippen molar-refractivity contribution in [2.45, 2.75) is 18.6 Å². The number of rotatable bonds is 3. The van der Waals surface area contributed by atoms with Gasteiger partial charge in [0, 0.05) is 5.56 Å². The van der Waals surface area contributed by atoms with Crippen molar-refractivity contribution in [2.24, 2.45) is 5.73 Å². The van der Waals surface area contributed by atoms with Gasteiger partial charge in [-0.05, 0) is 29.8 Å². The predicted molar refractivity (Wildman–Crippen MR) is 82.8 cm³/mol. The highest BCUT2D eigenvalue weighted by Crippen LogP contribution is 2.39. The van der Waals surface area contributed by atoms with E-state index in [0.717, 1.165) is 30.3 Å². The Hall–Kier alpha value is -1.71. The summed E-state index contributed by atoms with van der Waals surface area (Å²) in [5.74, 6) is -1.94. The fourth-order valence-corrected chi connectivity index (χ4v) is 2.33. The fraction of sp³-hybridized carbons (Fsp3) is 0.200. The van der Waals surface area contributed by atoms with Gasteiger partial charge in [0.15, 0.2) is 0 Å². The number of halogens is 9. The standard InChI is InChI=1S/C15H9ClF7NO.ClH/c16-10-6-5-9(14(18,19)20)11(12(10)17)13(24)7-1-3-8(4-2-7)25-15(21,22)23;/h1-6,13H,24H2;1H/t13-;/m0./s1. The summed E-state index contributed by atoms with van der Waals surface area (Å²) in [5, 5.41) is -0.560. The summed E-state index contributed by atoms with van der Waals surface area (Å²) >= 11 is 5.52. The van der Waals surface area contributed by atoms with Crippen molar-refractivity contribution in [1.82, 2.24) is 0 Å². The third-order valence-corrected chi connectivity index (χ3v) is 3.51. The second-order valence-electron chi connectivity index (χ2n) is 4.91. The molecule has 2 rings (SSSR count). The molecule has 11 heteroatoms. The maximum absolute atomic E-state index is 14.1. The molecule has 0 aromatic heterocycles. The molecule has 2 aromatic rings. The average molecular weight is 424 g/mol. The molecular formula is C15H10Cl2F7NO. The van der Waals surface area contributed by atoms with Crippen molar-refractivity contribution in [1.29, 1.82) is 0 Å². The molecule has 0 spiro atoms. The molecule has 2 nitrogen and oxygen atoms in total. The molecule has 2 aromatic carbocycles. The van der Waals surface area contributed by atoms with Gasteiger partial charge in [0.1, 0.15) is 11.6 Å². The quantitative estimate of drug-likeness (QED) is 0.626. The van der Waals surface area contributed by atoms with Crippen LogP contribution < -0.4 is 10.5 Å². The Kier molecular flexibility index (Phi) is 6.78. The van der Waals surface area contributed by atoms with Crippen LogP contribution in [0.25, 0.3) is 0 Å². The Morgan fingerprint density at radius 2 is 1.46 bits per heavy atom. The molecule has 144 valence electrons. The molecule has 0 unspecified atom stereocenters. The van der Waals surface area contributed by atoms with Crippen LogP contribution >= 0.6 is 24.0 Å². The van der Waals surface area contributed by atoms with Gasteiger partial charge in [-0.2, -0.15) is 13.2 Å². The number of hydrogen-bond acceptors (Lipinski definition) is 2. The summed E-state index contributed by atoms with van der Waals surface area (Å²) in [6, 6.07) is 3.46. The average Bonchev–Trinajstić information content (AvgIpc) is 2.47. The minimum atomic E-state index is -4.92. The number of alkyl halides is 6. The van der Waals surface area contributed by atoms with Crippen LogP contribution in [0, 0.1) is 5.82 Å². The number of benzene rings is 2. The van der Waals surface area contributed by atoms with Gasteiger partial charge in [0.25, 0.3) is 0 Å². The Labute approximate surface area is 154 Å². The van der Waals surface area contributed by atoms with Crippen LogP contribution in [0.1, 0.15) is 22.7 Å². The van der Waals surface area contributed by atoms with Crippen LogP contribution in [0.5, 0.6) is 5.75 Å². The summed E-state index contributed by atoms with van der Waals surface area (Å²) in [6.07, 6.45) is -9.82. The van der Waals surface area contributed by atoms with Crippen LogP contribution in [0.15, 0.2) is 36.4 Å². The molecule has 26 heavy (non-hydrogen) atoms. The molecule has 2 N–H and O–H groups in total. The molecule has 0 fully saturated rings. The van der Waals surface area contributed by atoms with E-state index in [1.54, 1.807) is 0 Å². The molecular weight excluding hydrogens is 414 g/mol. The third kappa shape index (κ3) is 5.15. The summed E-state index contributed by atoms with van der Waals surface area (Å²) in [7, 11) is 0. The smallest absolute Gasteiger partial charge is 0.406 e. The number of ether oxygens (including phenoxy) is 1. The Morgan fingerprint density at radius 1 is 0.923 bits per heavy atom. The molecule has 0 bridgehead atoms. The van der Waals surface area contributed by atoms with Crippen LogP contribution in [-0.2, 0) is 6.18 Å². The zero-order chi connectivity index (χ0) is 19.0. The highest BCUT2D eigenvalue weighted by atomic mass is 35.5. The minimum Gasteiger partial charge on any atom is -0.406 e. The molecule has 0 aliphatic heterocycles. The number of nitrogens with two attached hydrogens (primary N) is 1. The van der Waals surface area contributed by atoms with Gasteiger partial charge in [-0.15, -0.1) is 25.6 Å². The summed E-state index contributed by atoms with van der Waals surface area (Å²) in [5.41, 5.74) is 3.42. The Morgan fingerprint density at radius 3 is 1.92 bits per heavy atom. The van der Waals surface area contributed by atoms with Crippen molar-refractivity contribution in [3.63, 3.8) is 0 Å². The molecule has 0 saturated carbocycles. The lowest BCUT2D eigenvalue weighted by Crippen LogP contribution is -2.21. The van der Waals surface area contributed by atoms with E-state index in [1.807, 2.05) is 0 Å². The monoisotopic (exact) mass is 423 g/mol. The first-order valence-corrected chi connectivity index (χ1v) is 6.94. The fourth-order valence-electron chi connectivity index (χ4n) is 2.16. The van der Waals surface area contributed by atoms with E-state index in [-0.39, 0.29) is 18.0 Å². The van der Waals surface area contributed by atoms with E-state index in [9.17, 15) is 30.7 Å². The van der Waals surface area contributed by atoms with Gasteiger partial charge in [-0.1, -0.05) is 23.7 Å². The second kappa shape index (κ2) is 7.89. The van der Waals surface area contributed by atoms with Crippen LogP contribution in [0.4, 0.5) is 30.7 Å². The largest absolute Gasteiger partial charge is 0.573 e. The lowest BCUT2D eigenvalue weighted by atomic mass is 9.94. The van der Waals surface area contributed by atoms with Gasteiger partial charge >= 0.3 is 12.5 Å². The van der Waals surface area contributed by atoms with Gasteiger partial charge in [0.05, 0.1) is 16.6 Å². The van der Waals surface area contributed by atoms with Crippen molar-refractivity contribution < 1.29 is 35.5 Å². The maximum Gasteiger partial charge on any atom is 0.573 e. The van der Waals surface area contributed by atoms with Crippen LogP contribution in [0.3, 0.4) is 0 Å². The van der Waals surface area contributed by atoms with E-state index in [0.29, 0.717) is 6.07 Å². The first-order valence-electron chi connectivity index (χ1n) is 6.56. The lowest BCUT2D eigenvalue weighted by Gasteiger charge is -2.20. The van der Waals surface area contributed by atoms with E-state index < -0.39 is 46.3 Å². The van der Waals surface area contributed by atoms with Crippen molar-refractivity contribution in [3.8, 4) is 5.75 Å². The third-order valence-electron chi connectivity index (χ3n) is 3.22. The van der Waals surface area contributed by atoms with Crippen molar-refractivity contribution >= 4 is 24.0 Å².